The summed E-state index contributed by atoms with van der Waals surface area (Å²) in [5, 5.41) is 6.45. The van der Waals surface area contributed by atoms with Crippen molar-refractivity contribution in [1.29, 1.82) is 0 Å². The van der Waals surface area contributed by atoms with Gasteiger partial charge in [-0.05, 0) is 32.8 Å². The Morgan fingerprint density at radius 3 is 2.73 bits per heavy atom. The van der Waals surface area contributed by atoms with E-state index >= 15 is 0 Å². The fourth-order valence-electron chi connectivity index (χ4n) is 2.12. The van der Waals surface area contributed by atoms with Crippen LogP contribution in [-0.2, 0) is 11.3 Å². The number of aliphatic imine (C=N–C) groups is 1. The Kier molecular flexibility index (Phi) is 8.98. The SMILES string of the molecule is CCOCCNC(=NC)NCCCCn1c(C)cccc1=O. The summed E-state index contributed by atoms with van der Waals surface area (Å²) in [7, 11) is 1.75. The van der Waals surface area contributed by atoms with Gasteiger partial charge in [-0.25, -0.2) is 0 Å². The second kappa shape index (κ2) is 10.8. The Bertz CT molecular complexity index is 511. The van der Waals surface area contributed by atoms with Gasteiger partial charge in [-0.3, -0.25) is 9.79 Å². The van der Waals surface area contributed by atoms with Crippen LogP contribution < -0.4 is 16.2 Å². The molecule has 0 unspecified atom stereocenters. The van der Waals surface area contributed by atoms with Gasteiger partial charge in [0, 0.05) is 45.0 Å². The van der Waals surface area contributed by atoms with Crippen LogP contribution in [0.2, 0.25) is 0 Å². The first kappa shape index (κ1) is 18.2. The first-order valence-electron chi connectivity index (χ1n) is 7.87. The molecule has 22 heavy (non-hydrogen) atoms. The van der Waals surface area contributed by atoms with Gasteiger partial charge in [0.05, 0.1) is 6.61 Å². The van der Waals surface area contributed by atoms with E-state index in [1.54, 1.807) is 19.2 Å². The van der Waals surface area contributed by atoms with Crippen LogP contribution in [0, 0.1) is 6.92 Å². The molecule has 0 aliphatic rings. The van der Waals surface area contributed by atoms with Crippen molar-refractivity contribution in [3.63, 3.8) is 0 Å². The summed E-state index contributed by atoms with van der Waals surface area (Å²) < 4.78 is 7.08. The van der Waals surface area contributed by atoms with Crippen LogP contribution in [0.1, 0.15) is 25.5 Å². The summed E-state index contributed by atoms with van der Waals surface area (Å²) in [5.74, 6) is 0.785. The molecule has 0 bridgehead atoms. The maximum Gasteiger partial charge on any atom is 0.250 e. The first-order valence-corrected chi connectivity index (χ1v) is 7.87. The van der Waals surface area contributed by atoms with Crippen molar-refractivity contribution in [1.82, 2.24) is 15.2 Å². The van der Waals surface area contributed by atoms with Crippen molar-refractivity contribution in [3.8, 4) is 0 Å². The minimum absolute atomic E-state index is 0.0707. The lowest BCUT2D eigenvalue weighted by Gasteiger charge is -2.12. The van der Waals surface area contributed by atoms with Crippen LogP contribution in [0.3, 0.4) is 0 Å². The number of nitrogens with one attached hydrogen (secondary N) is 2. The maximum absolute atomic E-state index is 11.7. The number of rotatable bonds is 9. The Morgan fingerprint density at radius 1 is 1.27 bits per heavy atom. The van der Waals surface area contributed by atoms with Crippen molar-refractivity contribution >= 4 is 5.96 Å². The molecule has 124 valence electrons. The van der Waals surface area contributed by atoms with Crippen molar-refractivity contribution in [2.75, 3.05) is 33.4 Å². The number of aromatic nitrogens is 1. The van der Waals surface area contributed by atoms with Gasteiger partial charge in [-0.2, -0.15) is 0 Å². The molecule has 0 amide bonds. The molecule has 0 aromatic carbocycles. The number of guanidine groups is 1. The summed E-state index contributed by atoms with van der Waals surface area (Å²) in [6.45, 7) is 7.67. The lowest BCUT2D eigenvalue weighted by molar-refractivity contribution is 0.152. The molecule has 0 saturated heterocycles. The van der Waals surface area contributed by atoms with Crippen LogP contribution in [-0.4, -0.2) is 43.9 Å². The molecule has 0 saturated carbocycles. The average molecular weight is 308 g/mol. The molecule has 6 heteroatoms. The third kappa shape index (κ3) is 6.76. The fourth-order valence-corrected chi connectivity index (χ4v) is 2.12. The normalized spacial score (nSPS) is 11.5. The Labute approximate surface area is 132 Å². The summed E-state index contributed by atoms with van der Waals surface area (Å²) in [4.78, 5) is 15.9. The van der Waals surface area contributed by atoms with Crippen LogP contribution in [0.25, 0.3) is 0 Å². The largest absolute Gasteiger partial charge is 0.380 e. The van der Waals surface area contributed by atoms with Crippen LogP contribution in [0.5, 0.6) is 0 Å². The van der Waals surface area contributed by atoms with E-state index in [1.807, 2.05) is 24.5 Å². The monoisotopic (exact) mass is 308 g/mol. The van der Waals surface area contributed by atoms with E-state index in [0.29, 0.717) is 6.61 Å². The number of ether oxygens (including phenoxy) is 1. The van der Waals surface area contributed by atoms with Crippen molar-refractivity contribution < 1.29 is 4.74 Å². The van der Waals surface area contributed by atoms with Gasteiger partial charge in [0.2, 0.25) is 0 Å². The zero-order chi connectivity index (χ0) is 16.2. The summed E-state index contributed by atoms with van der Waals surface area (Å²) in [6, 6.07) is 5.37. The molecule has 0 aliphatic heterocycles. The molecule has 0 radical (unpaired) electrons. The highest BCUT2D eigenvalue weighted by Gasteiger charge is 2.00. The van der Waals surface area contributed by atoms with Gasteiger partial charge in [-0.1, -0.05) is 6.07 Å². The molecule has 0 spiro atoms. The zero-order valence-corrected chi connectivity index (χ0v) is 13.9. The number of pyridine rings is 1. The third-order valence-corrected chi connectivity index (χ3v) is 3.34. The number of unbranched alkanes of at least 4 members (excludes halogenated alkanes) is 1. The third-order valence-electron chi connectivity index (χ3n) is 3.34. The zero-order valence-electron chi connectivity index (χ0n) is 13.9. The molecule has 1 aromatic heterocycles. The Morgan fingerprint density at radius 2 is 2.05 bits per heavy atom. The van der Waals surface area contributed by atoms with Crippen molar-refractivity contribution in [3.05, 3.63) is 34.2 Å². The maximum atomic E-state index is 11.7. The van der Waals surface area contributed by atoms with Gasteiger partial charge >= 0.3 is 0 Å². The molecule has 1 heterocycles. The van der Waals surface area contributed by atoms with Gasteiger partial charge in [-0.15, -0.1) is 0 Å². The van der Waals surface area contributed by atoms with Gasteiger partial charge in [0.25, 0.3) is 5.56 Å². The summed E-state index contributed by atoms with van der Waals surface area (Å²) in [6.07, 6.45) is 1.93. The van der Waals surface area contributed by atoms with E-state index in [-0.39, 0.29) is 5.56 Å². The number of aryl methyl sites for hydroxylation is 1. The van der Waals surface area contributed by atoms with Gasteiger partial charge < -0.3 is 19.9 Å². The second-order valence-corrected chi connectivity index (χ2v) is 4.99. The van der Waals surface area contributed by atoms with E-state index in [1.165, 1.54) is 0 Å². The minimum atomic E-state index is 0.0707. The van der Waals surface area contributed by atoms with Gasteiger partial charge in [0.15, 0.2) is 5.96 Å². The van der Waals surface area contributed by atoms with E-state index in [0.717, 1.165) is 50.7 Å². The van der Waals surface area contributed by atoms with Crippen molar-refractivity contribution in [2.24, 2.45) is 4.99 Å². The smallest absolute Gasteiger partial charge is 0.250 e. The molecular weight excluding hydrogens is 280 g/mol. The molecule has 1 rings (SSSR count). The second-order valence-electron chi connectivity index (χ2n) is 4.99. The summed E-state index contributed by atoms with van der Waals surface area (Å²) in [5.41, 5.74) is 1.08. The molecular formula is C16H28N4O2. The number of hydrogen-bond donors (Lipinski definition) is 2. The minimum Gasteiger partial charge on any atom is -0.380 e. The fraction of sp³-hybridized carbons (Fsp3) is 0.625. The number of nitrogens with zero attached hydrogens (tertiary/aromatic N) is 2. The average Bonchev–Trinajstić information content (AvgIpc) is 2.51. The Hall–Kier alpha value is -1.82. The highest BCUT2D eigenvalue weighted by atomic mass is 16.5. The molecule has 0 fully saturated rings. The highest BCUT2D eigenvalue weighted by molar-refractivity contribution is 5.79. The van der Waals surface area contributed by atoms with E-state index in [4.69, 9.17) is 4.74 Å². The van der Waals surface area contributed by atoms with E-state index in [9.17, 15) is 4.79 Å². The topological polar surface area (TPSA) is 67.7 Å². The van der Waals surface area contributed by atoms with Crippen LogP contribution >= 0.6 is 0 Å². The molecule has 2 N–H and O–H groups in total. The number of hydrogen-bond acceptors (Lipinski definition) is 3. The first-order chi connectivity index (χ1) is 10.7. The molecule has 1 aromatic rings. The standard InChI is InChI=1S/C16H28N4O2/c1-4-22-13-11-19-16(17-3)18-10-5-6-12-20-14(2)8-7-9-15(20)21/h7-9H,4-6,10-13H2,1-3H3,(H2,17,18,19). The Balaban J connectivity index is 2.20. The molecule has 0 aliphatic carbocycles. The highest BCUT2D eigenvalue weighted by Crippen LogP contribution is 1.97. The lowest BCUT2D eigenvalue weighted by Crippen LogP contribution is -2.39. The van der Waals surface area contributed by atoms with Gasteiger partial charge in [0.1, 0.15) is 0 Å². The quantitative estimate of drug-likeness (QED) is 0.408. The molecule has 6 nitrogen and oxygen atoms in total. The lowest BCUT2D eigenvalue weighted by atomic mass is 10.3. The van der Waals surface area contributed by atoms with Crippen LogP contribution in [0.15, 0.2) is 28.0 Å². The van der Waals surface area contributed by atoms with E-state index < -0.39 is 0 Å². The summed E-state index contributed by atoms with van der Waals surface area (Å²) >= 11 is 0. The molecule has 0 atom stereocenters. The predicted octanol–water partition coefficient (Wildman–Crippen LogP) is 1.14. The van der Waals surface area contributed by atoms with Crippen molar-refractivity contribution in [2.45, 2.75) is 33.2 Å². The van der Waals surface area contributed by atoms with E-state index in [2.05, 4.69) is 15.6 Å². The van der Waals surface area contributed by atoms with Crippen LogP contribution in [0.4, 0.5) is 0 Å². The predicted molar refractivity (Wildman–Crippen MR) is 90.5 cm³/mol.